The minimum atomic E-state index is -0.164. The zero-order valence-electron chi connectivity index (χ0n) is 15.6. The molecular formula is C19H18BrN5O3S. The lowest BCUT2D eigenvalue weighted by atomic mass is 10.1. The number of hydrogen-bond acceptors (Lipinski definition) is 6. The number of nitrogens with zero attached hydrogens (tertiary/aromatic N) is 3. The predicted molar refractivity (Wildman–Crippen MR) is 113 cm³/mol. The Morgan fingerprint density at radius 1 is 1.38 bits per heavy atom. The molecule has 3 aromatic rings. The van der Waals surface area contributed by atoms with Crippen molar-refractivity contribution >= 4 is 44.8 Å². The topological polar surface area (TPSA) is 100 Å². The number of hydrogen-bond donors (Lipinski definition) is 2. The van der Waals surface area contributed by atoms with Gasteiger partial charge in [-0.1, -0.05) is 0 Å². The molecule has 8 nitrogen and oxygen atoms in total. The van der Waals surface area contributed by atoms with Crippen molar-refractivity contribution in [3.05, 3.63) is 50.4 Å². The molecule has 1 aliphatic rings. The summed E-state index contributed by atoms with van der Waals surface area (Å²) in [5.41, 5.74) is 2.70. The van der Waals surface area contributed by atoms with Gasteiger partial charge >= 0.3 is 0 Å². The highest BCUT2D eigenvalue weighted by molar-refractivity contribution is 9.11. The number of thiophene rings is 1. The number of halogens is 1. The van der Waals surface area contributed by atoms with E-state index in [1.54, 1.807) is 11.0 Å². The second kappa shape index (κ2) is 8.44. The third kappa shape index (κ3) is 4.39. The van der Waals surface area contributed by atoms with Crippen molar-refractivity contribution < 1.29 is 14.3 Å². The standard InChI is InChI=1S/C19H18BrN5O3S/c1-11-8-12(2-3-13(11)25-6-7-28-10-17(25)26)18-22-16(23-24-18)9-21-19(27)14-4-5-15(20)29-14/h2-5,8H,6-7,9-10H2,1H3,(H,21,27)(H,22,23,24). The Kier molecular flexibility index (Phi) is 5.74. The molecule has 2 N–H and O–H groups in total. The van der Waals surface area contributed by atoms with Crippen molar-refractivity contribution in [1.82, 2.24) is 20.5 Å². The van der Waals surface area contributed by atoms with Crippen LogP contribution in [0.15, 0.2) is 34.1 Å². The van der Waals surface area contributed by atoms with E-state index in [4.69, 9.17) is 4.74 Å². The first-order chi connectivity index (χ1) is 14.0. The molecule has 0 spiro atoms. The predicted octanol–water partition coefficient (Wildman–Crippen LogP) is 2.90. The van der Waals surface area contributed by atoms with Crippen molar-refractivity contribution in [2.24, 2.45) is 0 Å². The Balaban J connectivity index is 1.44. The van der Waals surface area contributed by atoms with Crippen molar-refractivity contribution in [3.63, 3.8) is 0 Å². The van der Waals surface area contributed by atoms with Crippen LogP contribution in [0.1, 0.15) is 21.1 Å². The molecule has 1 aromatic carbocycles. The molecule has 0 aliphatic carbocycles. The van der Waals surface area contributed by atoms with Gasteiger partial charge in [0.15, 0.2) is 11.6 Å². The second-order valence-electron chi connectivity index (χ2n) is 6.49. The average Bonchev–Trinajstić information content (AvgIpc) is 3.36. The number of aryl methyl sites for hydroxylation is 1. The number of benzene rings is 1. The Hall–Kier alpha value is -2.56. The number of amides is 2. The molecule has 0 bridgehead atoms. The maximum absolute atomic E-state index is 12.1. The van der Waals surface area contributed by atoms with Crippen LogP contribution in [0.5, 0.6) is 0 Å². The van der Waals surface area contributed by atoms with E-state index in [9.17, 15) is 9.59 Å². The summed E-state index contributed by atoms with van der Waals surface area (Å²) in [7, 11) is 0. The third-order valence-corrected chi connectivity index (χ3v) is 6.11. The minimum Gasteiger partial charge on any atom is -0.370 e. The normalized spacial score (nSPS) is 14.3. The molecule has 0 atom stereocenters. The molecule has 1 aliphatic heterocycles. The smallest absolute Gasteiger partial charge is 0.261 e. The minimum absolute atomic E-state index is 0.0393. The first kappa shape index (κ1) is 19.7. The number of carbonyl (C=O) groups excluding carboxylic acids is 2. The maximum Gasteiger partial charge on any atom is 0.261 e. The number of carbonyl (C=O) groups is 2. The van der Waals surface area contributed by atoms with E-state index in [-0.39, 0.29) is 25.0 Å². The first-order valence-electron chi connectivity index (χ1n) is 8.95. The quantitative estimate of drug-likeness (QED) is 0.590. The van der Waals surface area contributed by atoms with E-state index in [1.165, 1.54) is 11.3 Å². The zero-order chi connectivity index (χ0) is 20.4. The van der Waals surface area contributed by atoms with Gasteiger partial charge in [-0.15, -0.1) is 11.3 Å². The van der Waals surface area contributed by atoms with Crippen LogP contribution in [-0.4, -0.2) is 46.8 Å². The number of nitrogens with one attached hydrogen (secondary N) is 2. The SMILES string of the molecule is Cc1cc(-c2nc(CNC(=O)c3ccc(Br)s3)n[nH]2)ccc1N1CCOCC1=O. The van der Waals surface area contributed by atoms with Gasteiger partial charge < -0.3 is 15.0 Å². The number of morpholine rings is 1. The fraction of sp³-hybridized carbons (Fsp3) is 0.263. The Bertz CT molecular complexity index is 1060. The zero-order valence-corrected chi connectivity index (χ0v) is 18.0. The lowest BCUT2D eigenvalue weighted by molar-refractivity contribution is -0.125. The molecule has 1 fully saturated rings. The third-order valence-electron chi connectivity index (χ3n) is 4.48. The summed E-state index contributed by atoms with van der Waals surface area (Å²) in [4.78, 5) is 31.0. The number of rotatable bonds is 5. The maximum atomic E-state index is 12.1. The molecule has 4 rings (SSSR count). The molecule has 0 saturated carbocycles. The molecule has 2 amide bonds. The highest BCUT2D eigenvalue weighted by Gasteiger charge is 2.22. The summed E-state index contributed by atoms with van der Waals surface area (Å²) in [6, 6.07) is 9.37. The van der Waals surface area contributed by atoms with Gasteiger partial charge in [-0.3, -0.25) is 14.7 Å². The number of ether oxygens (including phenoxy) is 1. The monoisotopic (exact) mass is 475 g/mol. The molecule has 2 aromatic heterocycles. The summed E-state index contributed by atoms with van der Waals surface area (Å²) in [5, 5.41) is 9.90. The molecule has 0 unspecified atom stereocenters. The lowest BCUT2D eigenvalue weighted by Gasteiger charge is -2.28. The van der Waals surface area contributed by atoms with Crippen LogP contribution in [0.2, 0.25) is 0 Å². The summed E-state index contributed by atoms with van der Waals surface area (Å²) >= 11 is 4.71. The van der Waals surface area contributed by atoms with Gasteiger partial charge in [0.25, 0.3) is 11.8 Å². The van der Waals surface area contributed by atoms with E-state index >= 15 is 0 Å². The molecular weight excluding hydrogens is 458 g/mol. The largest absolute Gasteiger partial charge is 0.370 e. The summed E-state index contributed by atoms with van der Waals surface area (Å²) in [6.07, 6.45) is 0. The van der Waals surface area contributed by atoms with Gasteiger partial charge in [0, 0.05) is 17.8 Å². The number of H-pyrrole nitrogens is 1. The molecule has 10 heteroatoms. The van der Waals surface area contributed by atoms with E-state index in [0.29, 0.717) is 29.7 Å². The molecule has 150 valence electrons. The van der Waals surface area contributed by atoms with Crippen LogP contribution in [0.4, 0.5) is 5.69 Å². The molecule has 3 heterocycles. The summed E-state index contributed by atoms with van der Waals surface area (Å²) < 4.78 is 6.10. The molecule has 29 heavy (non-hydrogen) atoms. The van der Waals surface area contributed by atoms with Gasteiger partial charge in [-0.2, -0.15) is 5.10 Å². The fourth-order valence-corrected chi connectivity index (χ4v) is 4.37. The Morgan fingerprint density at radius 2 is 2.24 bits per heavy atom. The van der Waals surface area contributed by atoms with Gasteiger partial charge in [-0.05, 0) is 58.7 Å². The lowest BCUT2D eigenvalue weighted by Crippen LogP contribution is -2.42. The molecule has 1 saturated heterocycles. The highest BCUT2D eigenvalue weighted by Crippen LogP contribution is 2.26. The van der Waals surface area contributed by atoms with Crippen molar-refractivity contribution in [2.75, 3.05) is 24.7 Å². The van der Waals surface area contributed by atoms with E-state index in [1.807, 2.05) is 31.2 Å². The Morgan fingerprint density at radius 3 is 2.97 bits per heavy atom. The summed E-state index contributed by atoms with van der Waals surface area (Å²) in [6.45, 7) is 3.38. The van der Waals surface area contributed by atoms with Crippen LogP contribution in [0.25, 0.3) is 11.4 Å². The van der Waals surface area contributed by atoms with Crippen LogP contribution >= 0.6 is 27.3 Å². The second-order valence-corrected chi connectivity index (χ2v) is 8.95. The van der Waals surface area contributed by atoms with Gasteiger partial charge in [0.05, 0.1) is 21.8 Å². The van der Waals surface area contributed by atoms with Crippen molar-refractivity contribution in [2.45, 2.75) is 13.5 Å². The Labute approximate surface area is 179 Å². The number of aromatic amines is 1. The first-order valence-corrected chi connectivity index (χ1v) is 10.6. The fourth-order valence-electron chi connectivity index (χ4n) is 3.07. The molecule has 0 radical (unpaired) electrons. The van der Waals surface area contributed by atoms with Crippen molar-refractivity contribution in [1.29, 1.82) is 0 Å². The van der Waals surface area contributed by atoms with E-state index in [0.717, 1.165) is 20.6 Å². The van der Waals surface area contributed by atoms with Crippen LogP contribution < -0.4 is 10.2 Å². The van der Waals surface area contributed by atoms with Gasteiger partial charge in [0.1, 0.15) is 6.61 Å². The van der Waals surface area contributed by atoms with Crippen molar-refractivity contribution in [3.8, 4) is 11.4 Å². The number of aromatic nitrogens is 3. The van der Waals surface area contributed by atoms with E-state index in [2.05, 4.69) is 36.4 Å². The van der Waals surface area contributed by atoms with Crippen LogP contribution in [-0.2, 0) is 16.1 Å². The highest BCUT2D eigenvalue weighted by atomic mass is 79.9. The number of anilines is 1. The van der Waals surface area contributed by atoms with Crippen LogP contribution in [0, 0.1) is 6.92 Å². The van der Waals surface area contributed by atoms with Gasteiger partial charge in [-0.25, -0.2) is 4.98 Å². The van der Waals surface area contributed by atoms with E-state index < -0.39 is 0 Å². The average molecular weight is 476 g/mol. The van der Waals surface area contributed by atoms with Crippen LogP contribution in [0.3, 0.4) is 0 Å². The summed E-state index contributed by atoms with van der Waals surface area (Å²) in [5.74, 6) is 0.898. The van der Waals surface area contributed by atoms with Gasteiger partial charge in [0.2, 0.25) is 0 Å².